The molecule has 0 aliphatic carbocycles. The van der Waals surface area contributed by atoms with E-state index in [-0.39, 0.29) is 5.84 Å². The van der Waals surface area contributed by atoms with Gasteiger partial charge >= 0.3 is 6.18 Å². The van der Waals surface area contributed by atoms with Gasteiger partial charge in [-0.15, -0.1) is 5.10 Å². The van der Waals surface area contributed by atoms with Crippen molar-refractivity contribution in [3.05, 3.63) is 89.5 Å². The van der Waals surface area contributed by atoms with E-state index < -0.39 is 11.7 Å². The molecular weight excluding hydrogens is 437 g/mol. The van der Waals surface area contributed by atoms with Crippen LogP contribution in [-0.4, -0.2) is 18.0 Å². The highest BCUT2D eigenvalue weighted by atomic mass is 32.2. The molecule has 6 N–H and O–H groups in total. The van der Waals surface area contributed by atoms with Gasteiger partial charge in [-0.1, -0.05) is 30.3 Å². The fraction of sp³-hybridized carbons (Fsp3) is 0.136. The minimum absolute atomic E-state index is 0.163. The highest BCUT2D eigenvalue weighted by molar-refractivity contribution is 7.97. The number of benzene rings is 3. The first kappa shape index (κ1) is 23.5. The van der Waals surface area contributed by atoms with Gasteiger partial charge in [0, 0.05) is 21.8 Å². The van der Waals surface area contributed by atoms with E-state index in [1.165, 1.54) is 29.2 Å². The van der Waals surface area contributed by atoms with Gasteiger partial charge in [-0.25, -0.2) is 11.0 Å². The Hall–Kier alpha value is -3.21. The maximum atomic E-state index is 12.8. The van der Waals surface area contributed by atoms with Crippen molar-refractivity contribution in [1.82, 2.24) is 9.84 Å². The summed E-state index contributed by atoms with van der Waals surface area (Å²) in [5.41, 5.74) is 8.14. The Morgan fingerprint density at radius 1 is 1.03 bits per heavy atom. The number of halogens is 3. The molecule has 0 saturated carbocycles. The molecule has 0 aliphatic rings. The van der Waals surface area contributed by atoms with Crippen LogP contribution in [-0.2, 0) is 12.7 Å². The van der Waals surface area contributed by atoms with Gasteiger partial charge in [0.1, 0.15) is 0 Å². The summed E-state index contributed by atoms with van der Waals surface area (Å²) in [5, 5.41) is 8.63. The maximum absolute atomic E-state index is 12.8. The first-order valence-corrected chi connectivity index (χ1v) is 10.4. The zero-order valence-corrected chi connectivity index (χ0v) is 18.0. The number of nitrogens with one attached hydrogen (secondary N) is 2. The number of hydrogen-bond donors (Lipinski definition) is 4. The first-order chi connectivity index (χ1) is 15.3. The molecule has 3 aromatic carbocycles. The lowest BCUT2D eigenvalue weighted by molar-refractivity contribution is -0.137. The lowest BCUT2D eigenvalue weighted by Gasteiger charge is -2.17. The van der Waals surface area contributed by atoms with Crippen molar-refractivity contribution < 1.29 is 13.2 Å². The second-order valence-electron chi connectivity index (χ2n) is 6.78. The minimum Gasteiger partial charge on any atom is -0.382 e. The van der Waals surface area contributed by atoms with Crippen LogP contribution in [0.3, 0.4) is 0 Å². The Balaban J connectivity index is 1.86. The maximum Gasteiger partial charge on any atom is 0.416 e. The number of anilines is 2. The summed E-state index contributed by atoms with van der Waals surface area (Å²) in [5.74, 6) is 6.19. The molecule has 32 heavy (non-hydrogen) atoms. The van der Waals surface area contributed by atoms with Crippen molar-refractivity contribution in [3.8, 4) is 0 Å². The summed E-state index contributed by atoms with van der Waals surface area (Å²) in [4.78, 5) is 0.880. The molecule has 0 aliphatic heterocycles. The monoisotopic (exact) mass is 460 g/mol. The van der Waals surface area contributed by atoms with Gasteiger partial charge < -0.3 is 11.1 Å². The van der Waals surface area contributed by atoms with Crippen LogP contribution >= 0.6 is 11.9 Å². The van der Waals surface area contributed by atoms with Gasteiger partial charge in [-0.05, 0) is 67.0 Å². The second-order valence-corrected chi connectivity index (χ2v) is 7.87. The summed E-state index contributed by atoms with van der Waals surface area (Å²) in [6.07, 6.45) is -4.39. The number of rotatable bonds is 8. The van der Waals surface area contributed by atoms with Crippen molar-refractivity contribution in [2.75, 3.05) is 12.4 Å². The lowest BCUT2D eigenvalue weighted by Crippen LogP contribution is -2.29. The van der Waals surface area contributed by atoms with E-state index in [9.17, 15) is 13.2 Å². The zero-order valence-electron chi connectivity index (χ0n) is 17.2. The van der Waals surface area contributed by atoms with E-state index >= 15 is 0 Å². The van der Waals surface area contributed by atoms with Gasteiger partial charge in [-0.2, -0.15) is 13.2 Å². The van der Waals surface area contributed by atoms with Crippen molar-refractivity contribution in [2.45, 2.75) is 17.6 Å². The van der Waals surface area contributed by atoms with Crippen molar-refractivity contribution in [3.63, 3.8) is 0 Å². The highest BCUT2D eigenvalue weighted by Gasteiger charge is 2.29. The standard InChI is InChI=1S/C22H23F3N6S/c1-28-32-18-11-12-20(29-17-9-7-16(8-10-17)22(23,24)25)19(13-18)21(26)30-31(27)14-15-5-3-2-4-6-15/h2-13,28-29H,14,27H2,1H3,(H2,26,30). The number of hydrazone groups is 1. The molecule has 0 unspecified atom stereocenters. The first-order valence-electron chi connectivity index (χ1n) is 9.59. The molecule has 0 fully saturated rings. The number of hydrazine groups is 1. The normalized spacial score (nSPS) is 12.0. The lowest BCUT2D eigenvalue weighted by atomic mass is 10.1. The number of nitrogens with two attached hydrogens (primary N) is 2. The topological polar surface area (TPSA) is 91.7 Å². The predicted octanol–water partition coefficient (Wildman–Crippen LogP) is 4.67. The minimum atomic E-state index is -4.39. The van der Waals surface area contributed by atoms with E-state index in [0.717, 1.165) is 22.6 Å². The van der Waals surface area contributed by atoms with Crippen molar-refractivity contribution in [1.29, 1.82) is 0 Å². The average molecular weight is 461 g/mol. The molecule has 0 bridgehead atoms. The summed E-state index contributed by atoms with van der Waals surface area (Å²) < 4.78 is 41.5. The summed E-state index contributed by atoms with van der Waals surface area (Å²) in [6, 6.07) is 19.8. The molecular formula is C22H23F3N6S. The Labute approximate surface area is 188 Å². The fourth-order valence-electron chi connectivity index (χ4n) is 2.92. The number of alkyl halides is 3. The highest BCUT2D eigenvalue weighted by Crippen LogP contribution is 2.31. The van der Waals surface area contributed by atoms with Crippen LogP contribution in [0.5, 0.6) is 0 Å². The molecule has 0 heterocycles. The summed E-state index contributed by atoms with van der Waals surface area (Å²) in [6.45, 7) is 0.355. The van der Waals surface area contributed by atoms with E-state index in [0.29, 0.717) is 23.5 Å². The van der Waals surface area contributed by atoms with E-state index in [2.05, 4.69) is 15.1 Å². The van der Waals surface area contributed by atoms with Gasteiger partial charge in [0.25, 0.3) is 0 Å². The SMILES string of the molecule is CNSc1ccc(Nc2ccc(C(F)(F)F)cc2)c(/C(N)=N/N(N)Cc2ccccc2)c1. The Morgan fingerprint density at radius 2 is 1.72 bits per heavy atom. The quantitative estimate of drug-likeness (QED) is 0.128. The van der Waals surface area contributed by atoms with E-state index in [1.807, 2.05) is 42.5 Å². The van der Waals surface area contributed by atoms with Gasteiger partial charge in [0.2, 0.25) is 0 Å². The van der Waals surface area contributed by atoms with Crippen LogP contribution in [0.4, 0.5) is 24.5 Å². The van der Waals surface area contributed by atoms with Crippen LogP contribution in [0.1, 0.15) is 16.7 Å². The van der Waals surface area contributed by atoms with Crippen molar-refractivity contribution in [2.24, 2.45) is 16.7 Å². The molecule has 3 aromatic rings. The summed E-state index contributed by atoms with van der Waals surface area (Å²) >= 11 is 1.39. The van der Waals surface area contributed by atoms with Crippen LogP contribution < -0.4 is 21.6 Å². The van der Waals surface area contributed by atoms with Crippen molar-refractivity contribution >= 4 is 29.2 Å². The molecule has 168 valence electrons. The predicted molar refractivity (Wildman–Crippen MR) is 123 cm³/mol. The third kappa shape index (κ3) is 6.39. The van der Waals surface area contributed by atoms with Gasteiger partial charge in [0.15, 0.2) is 5.84 Å². The van der Waals surface area contributed by atoms with E-state index in [1.54, 1.807) is 13.1 Å². The number of amidine groups is 1. The van der Waals surface area contributed by atoms with Gasteiger partial charge in [0.05, 0.1) is 12.1 Å². The zero-order chi connectivity index (χ0) is 23.1. The Bertz CT molecular complexity index is 1060. The molecule has 0 amide bonds. The van der Waals surface area contributed by atoms with Crippen LogP contribution in [0, 0.1) is 0 Å². The molecule has 10 heteroatoms. The average Bonchev–Trinajstić information content (AvgIpc) is 2.75. The van der Waals surface area contributed by atoms with Crippen LogP contribution in [0.25, 0.3) is 0 Å². The summed E-state index contributed by atoms with van der Waals surface area (Å²) in [7, 11) is 1.79. The molecule has 6 nitrogen and oxygen atoms in total. The molecule has 3 rings (SSSR count). The Morgan fingerprint density at radius 3 is 2.34 bits per heavy atom. The molecule has 0 saturated heterocycles. The fourth-order valence-corrected chi connectivity index (χ4v) is 3.47. The molecule has 0 spiro atoms. The number of hydrogen-bond acceptors (Lipinski definition) is 6. The third-order valence-electron chi connectivity index (χ3n) is 4.40. The smallest absolute Gasteiger partial charge is 0.382 e. The molecule has 0 atom stereocenters. The van der Waals surface area contributed by atoms with Crippen LogP contribution in [0.2, 0.25) is 0 Å². The second kappa shape index (κ2) is 10.4. The third-order valence-corrected chi connectivity index (χ3v) is 5.10. The largest absolute Gasteiger partial charge is 0.416 e. The van der Waals surface area contributed by atoms with Gasteiger partial charge in [-0.3, -0.25) is 4.72 Å². The molecule has 0 aromatic heterocycles. The Kier molecular flexibility index (Phi) is 7.62. The number of nitrogens with zero attached hydrogens (tertiary/aromatic N) is 2. The van der Waals surface area contributed by atoms with E-state index in [4.69, 9.17) is 11.6 Å². The van der Waals surface area contributed by atoms with Crippen LogP contribution in [0.15, 0.2) is 82.8 Å². The molecule has 0 radical (unpaired) electrons.